The van der Waals surface area contributed by atoms with Gasteiger partial charge >= 0.3 is 0 Å². The van der Waals surface area contributed by atoms with Crippen molar-refractivity contribution in [3.05, 3.63) is 63.4 Å². The maximum absolute atomic E-state index is 14.5. The summed E-state index contributed by atoms with van der Waals surface area (Å²) in [6.45, 7) is 1.28. The quantitative estimate of drug-likeness (QED) is 0.780. The molecule has 4 nitrogen and oxygen atoms in total. The second-order valence-corrected chi connectivity index (χ2v) is 7.07. The second kappa shape index (κ2) is 8.55. The van der Waals surface area contributed by atoms with Crippen LogP contribution in [0.2, 0.25) is 10.0 Å². The van der Waals surface area contributed by atoms with Crippen molar-refractivity contribution in [2.75, 3.05) is 13.2 Å². The molecule has 0 bridgehead atoms. The Morgan fingerprint density at radius 1 is 1.12 bits per heavy atom. The summed E-state index contributed by atoms with van der Waals surface area (Å²) in [4.78, 5) is 0. The molecule has 1 heterocycles. The molecule has 0 aromatic heterocycles. The predicted octanol–water partition coefficient (Wildman–Crippen LogP) is 4.42. The molecular weight excluding hydrogens is 380 g/mol. The van der Waals surface area contributed by atoms with Crippen LogP contribution in [0.3, 0.4) is 0 Å². The number of aliphatic hydroxyl groups is 1. The van der Waals surface area contributed by atoms with Gasteiger partial charge in [-0.2, -0.15) is 0 Å². The van der Waals surface area contributed by atoms with E-state index in [1.807, 2.05) is 0 Å². The van der Waals surface area contributed by atoms with Gasteiger partial charge in [0.25, 0.3) is 0 Å². The number of aliphatic hydroxyl groups excluding tert-OH is 1. The van der Waals surface area contributed by atoms with Crippen LogP contribution in [0.25, 0.3) is 0 Å². The van der Waals surface area contributed by atoms with Gasteiger partial charge in [0, 0.05) is 24.5 Å². The van der Waals surface area contributed by atoms with Gasteiger partial charge in [0.05, 0.1) is 29.3 Å². The highest BCUT2D eigenvalue weighted by Crippen LogP contribution is 2.33. The molecule has 0 spiro atoms. The van der Waals surface area contributed by atoms with Crippen molar-refractivity contribution in [1.29, 1.82) is 0 Å². The first-order chi connectivity index (χ1) is 12.5. The van der Waals surface area contributed by atoms with E-state index >= 15 is 0 Å². The van der Waals surface area contributed by atoms with Gasteiger partial charge in [0.2, 0.25) is 0 Å². The van der Waals surface area contributed by atoms with Gasteiger partial charge in [-0.15, -0.1) is 0 Å². The van der Waals surface area contributed by atoms with E-state index in [0.717, 1.165) is 12.8 Å². The van der Waals surface area contributed by atoms with Crippen molar-refractivity contribution in [3.63, 3.8) is 0 Å². The minimum atomic E-state index is -1.23. The zero-order valence-corrected chi connectivity index (χ0v) is 15.5. The SMILES string of the molecule is N[C@@H](c1ccc(Cl)c(Cl)c1)[C@H](O)c1ccc(OC2CCOCC2)cc1F. The standard InChI is InChI=1S/C19H20Cl2FNO3/c20-15-4-1-11(9-16(15)21)18(23)19(24)14-3-2-13(10-17(14)22)26-12-5-7-25-8-6-12/h1-4,9-10,12,18-19,24H,5-8,23H2/t18-,19+/m0/s1. The fourth-order valence-corrected chi connectivity index (χ4v) is 3.21. The molecule has 0 aliphatic carbocycles. The first-order valence-corrected chi connectivity index (χ1v) is 9.13. The highest BCUT2D eigenvalue weighted by Gasteiger charge is 2.23. The lowest BCUT2D eigenvalue weighted by molar-refractivity contribution is 0.0254. The fraction of sp³-hybridized carbons (Fsp3) is 0.368. The van der Waals surface area contributed by atoms with E-state index in [2.05, 4.69) is 0 Å². The second-order valence-electron chi connectivity index (χ2n) is 6.26. The summed E-state index contributed by atoms with van der Waals surface area (Å²) in [5, 5.41) is 11.2. The van der Waals surface area contributed by atoms with Crippen LogP contribution in [0.4, 0.5) is 4.39 Å². The monoisotopic (exact) mass is 399 g/mol. The molecule has 2 atom stereocenters. The van der Waals surface area contributed by atoms with Crippen LogP contribution in [0.1, 0.15) is 36.1 Å². The van der Waals surface area contributed by atoms with Crippen LogP contribution in [0.15, 0.2) is 36.4 Å². The van der Waals surface area contributed by atoms with Crippen LogP contribution in [0, 0.1) is 5.82 Å². The molecule has 7 heteroatoms. The van der Waals surface area contributed by atoms with Crippen molar-refractivity contribution in [2.45, 2.75) is 31.1 Å². The van der Waals surface area contributed by atoms with Gasteiger partial charge in [0.1, 0.15) is 23.8 Å². The van der Waals surface area contributed by atoms with E-state index in [1.165, 1.54) is 12.1 Å². The van der Waals surface area contributed by atoms with Crippen molar-refractivity contribution in [2.24, 2.45) is 5.73 Å². The number of rotatable bonds is 5. The Kier molecular flexibility index (Phi) is 6.37. The molecule has 3 N–H and O–H groups in total. The summed E-state index contributed by atoms with van der Waals surface area (Å²) in [6, 6.07) is 8.37. The molecule has 3 rings (SSSR count). The molecule has 0 radical (unpaired) electrons. The molecule has 26 heavy (non-hydrogen) atoms. The Bertz CT molecular complexity index is 768. The number of hydrogen-bond donors (Lipinski definition) is 2. The normalized spacial score (nSPS) is 17.7. The lowest BCUT2D eigenvalue weighted by Crippen LogP contribution is -2.26. The topological polar surface area (TPSA) is 64.7 Å². The Morgan fingerprint density at radius 3 is 2.50 bits per heavy atom. The zero-order chi connectivity index (χ0) is 18.7. The third-order valence-electron chi connectivity index (χ3n) is 4.43. The largest absolute Gasteiger partial charge is 0.490 e. The number of nitrogens with two attached hydrogens (primary N) is 1. The summed E-state index contributed by atoms with van der Waals surface area (Å²) in [5.41, 5.74) is 6.75. The van der Waals surface area contributed by atoms with Gasteiger partial charge in [-0.05, 0) is 29.8 Å². The first-order valence-electron chi connectivity index (χ1n) is 8.38. The number of benzene rings is 2. The average molecular weight is 400 g/mol. The summed E-state index contributed by atoms with van der Waals surface area (Å²) >= 11 is 11.9. The molecule has 1 fully saturated rings. The number of hydrogen-bond acceptors (Lipinski definition) is 4. The summed E-state index contributed by atoms with van der Waals surface area (Å²) in [6.07, 6.45) is 0.323. The van der Waals surface area contributed by atoms with E-state index in [9.17, 15) is 9.50 Å². The maximum atomic E-state index is 14.5. The minimum absolute atomic E-state index is 0.0115. The molecular formula is C19H20Cl2FNO3. The van der Waals surface area contributed by atoms with Crippen molar-refractivity contribution >= 4 is 23.2 Å². The third-order valence-corrected chi connectivity index (χ3v) is 5.17. The van der Waals surface area contributed by atoms with E-state index in [0.29, 0.717) is 34.6 Å². The van der Waals surface area contributed by atoms with Crippen LogP contribution in [-0.2, 0) is 4.74 Å². The Morgan fingerprint density at radius 2 is 1.85 bits per heavy atom. The van der Waals surface area contributed by atoms with Crippen LogP contribution in [0.5, 0.6) is 5.75 Å². The molecule has 2 aromatic rings. The highest BCUT2D eigenvalue weighted by molar-refractivity contribution is 6.42. The molecule has 1 aliphatic rings. The van der Waals surface area contributed by atoms with Crippen LogP contribution in [-0.4, -0.2) is 24.4 Å². The maximum Gasteiger partial charge on any atom is 0.132 e. The Hall–Kier alpha value is -1.37. The highest BCUT2D eigenvalue weighted by atomic mass is 35.5. The van der Waals surface area contributed by atoms with Gasteiger partial charge in [-0.1, -0.05) is 29.3 Å². The summed E-state index contributed by atoms with van der Waals surface area (Å²) in [7, 11) is 0. The fourth-order valence-electron chi connectivity index (χ4n) is 2.90. The molecule has 1 saturated heterocycles. The predicted molar refractivity (Wildman–Crippen MR) is 99.2 cm³/mol. The Balaban J connectivity index is 1.74. The molecule has 0 unspecified atom stereocenters. The molecule has 1 aliphatic heterocycles. The van der Waals surface area contributed by atoms with Crippen molar-refractivity contribution < 1.29 is 19.0 Å². The zero-order valence-electron chi connectivity index (χ0n) is 14.0. The van der Waals surface area contributed by atoms with E-state index in [-0.39, 0.29) is 11.7 Å². The van der Waals surface area contributed by atoms with Crippen molar-refractivity contribution in [1.82, 2.24) is 0 Å². The van der Waals surface area contributed by atoms with Crippen LogP contribution >= 0.6 is 23.2 Å². The third kappa shape index (κ3) is 4.48. The van der Waals surface area contributed by atoms with Gasteiger partial charge in [-0.25, -0.2) is 4.39 Å². The van der Waals surface area contributed by atoms with Crippen molar-refractivity contribution in [3.8, 4) is 5.75 Å². The molecule has 0 saturated carbocycles. The van der Waals surface area contributed by atoms with Gasteiger partial charge < -0.3 is 20.3 Å². The smallest absolute Gasteiger partial charge is 0.132 e. The first kappa shape index (κ1) is 19.4. The number of ether oxygens (including phenoxy) is 2. The molecule has 0 amide bonds. The van der Waals surface area contributed by atoms with E-state index in [1.54, 1.807) is 24.3 Å². The molecule has 140 valence electrons. The number of halogens is 3. The van der Waals surface area contributed by atoms with E-state index < -0.39 is 18.0 Å². The lowest BCUT2D eigenvalue weighted by atomic mass is 9.96. The summed E-state index contributed by atoms with van der Waals surface area (Å²) < 4.78 is 25.6. The van der Waals surface area contributed by atoms with Crippen LogP contribution < -0.4 is 10.5 Å². The molecule has 2 aromatic carbocycles. The lowest BCUT2D eigenvalue weighted by Gasteiger charge is -2.24. The van der Waals surface area contributed by atoms with E-state index in [4.69, 9.17) is 38.4 Å². The van der Waals surface area contributed by atoms with Gasteiger partial charge in [0.15, 0.2) is 0 Å². The average Bonchev–Trinajstić information content (AvgIpc) is 2.64. The Labute approximate surface area is 161 Å². The van der Waals surface area contributed by atoms with Gasteiger partial charge in [-0.3, -0.25) is 0 Å². The summed E-state index contributed by atoms with van der Waals surface area (Å²) in [5.74, 6) is -0.147. The minimum Gasteiger partial charge on any atom is -0.490 e.